The van der Waals surface area contributed by atoms with Gasteiger partial charge in [-0.15, -0.1) is 24.0 Å². The van der Waals surface area contributed by atoms with E-state index in [2.05, 4.69) is 44.5 Å². The Morgan fingerprint density at radius 2 is 1.57 bits per heavy atom. The second-order valence-corrected chi connectivity index (χ2v) is 7.10. The molecule has 8 heteroatoms. The second-order valence-electron chi connectivity index (χ2n) is 7.10. The van der Waals surface area contributed by atoms with Crippen LogP contribution in [0.1, 0.15) is 26.3 Å². The lowest BCUT2D eigenvalue weighted by Gasteiger charge is -2.34. The molecule has 0 amide bonds. The lowest BCUT2D eigenvalue weighted by Crippen LogP contribution is -2.49. The Hall–Kier alpha value is -1.26. The molecule has 1 aliphatic rings. The van der Waals surface area contributed by atoms with Gasteiger partial charge in [-0.1, -0.05) is 13.0 Å². The third kappa shape index (κ3) is 9.26. The van der Waals surface area contributed by atoms with Crippen LogP contribution in [-0.4, -0.2) is 88.4 Å². The molecule has 7 nitrogen and oxygen atoms in total. The van der Waals surface area contributed by atoms with Gasteiger partial charge in [-0.3, -0.25) is 9.89 Å². The van der Waals surface area contributed by atoms with E-state index in [0.29, 0.717) is 13.2 Å². The van der Waals surface area contributed by atoms with Crippen molar-refractivity contribution in [3.8, 4) is 11.5 Å². The highest BCUT2D eigenvalue weighted by molar-refractivity contribution is 14.0. The van der Waals surface area contributed by atoms with Gasteiger partial charge < -0.3 is 25.0 Å². The van der Waals surface area contributed by atoms with E-state index in [4.69, 9.17) is 9.47 Å². The molecule has 1 aromatic carbocycles. The van der Waals surface area contributed by atoms with Crippen LogP contribution in [0.15, 0.2) is 23.2 Å². The number of piperazine rings is 1. The number of ether oxygens (including phenoxy) is 2. The molecule has 2 N–H and O–H groups in total. The quantitative estimate of drug-likeness (QED) is 0.259. The zero-order valence-corrected chi connectivity index (χ0v) is 21.4. The van der Waals surface area contributed by atoms with Gasteiger partial charge in [-0.2, -0.15) is 0 Å². The molecule has 0 bridgehead atoms. The van der Waals surface area contributed by atoms with E-state index in [-0.39, 0.29) is 24.0 Å². The summed E-state index contributed by atoms with van der Waals surface area (Å²) in [7, 11) is 1.82. The summed E-state index contributed by atoms with van der Waals surface area (Å²) in [6, 6.07) is 6.17. The number of nitrogens with one attached hydrogen (secondary N) is 2. The van der Waals surface area contributed by atoms with Crippen LogP contribution >= 0.6 is 24.0 Å². The molecule has 0 unspecified atom stereocenters. The highest BCUT2D eigenvalue weighted by Crippen LogP contribution is 2.28. The summed E-state index contributed by atoms with van der Waals surface area (Å²) >= 11 is 0. The Kier molecular flexibility index (Phi) is 13.9. The molecule has 30 heavy (non-hydrogen) atoms. The second kappa shape index (κ2) is 15.5. The first-order valence-corrected chi connectivity index (χ1v) is 11.0. The summed E-state index contributed by atoms with van der Waals surface area (Å²) < 4.78 is 11.3. The zero-order valence-electron chi connectivity index (χ0n) is 19.1. The van der Waals surface area contributed by atoms with E-state index < -0.39 is 0 Å². The number of likely N-dealkylation sites (N-methyl/N-ethyl adjacent to an activating group) is 1. The van der Waals surface area contributed by atoms with Gasteiger partial charge in [0.05, 0.1) is 13.2 Å². The summed E-state index contributed by atoms with van der Waals surface area (Å²) in [6.45, 7) is 16.1. The molecule has 1 aliphatic heterocycles. The van der Waals surface area contributed by atoms with Crippen LogP contribution < -0.4 is 20.1 Å². The minimum Gasteiger partial charge on any atom is -0.490 e. The van der Waals surface area contributed by atoms with Crippen molar-refractivity contribution in [1.29, 1.82) is 0 Å². The van der Waals surface area contributed by atoms with Crippen molar-refractivity contribution < 1.29 is 9.47 Å². The van der Waals surface area contributed by atoms with E-state index in [1.54, 1.807) is 0 Å². The molecular weight excluding hydrogens is 493 g/mol. The molecule has 0 aliphatic carbocycles. The summed E-state index contributed by atoms with van der Waals surface area (Å²) in [5.41, 5.74) is 1.22. The fraction of sp³-hybridized carbons (Fsp3) is 0.682. The Morgan fingerprint density at radius 1 is 0.933 bits per heavy atom. The lowest BCUT2D eigenvalue weighted by atomic mass is 10.1. The van der Waals surface area contributed by atoms with Crippen molar-refractivity contribution in [2.24, 2.45) is 4.99 Å². The molecule has 0 atom stereocenters. The molecule has 0 aromatic heterocycles. The average molecular weight is 533 g/mol. The summed E-state index contributed by atoms with van der Waals surface area (Å²) in [5, 5.41) is 6.83. The van der Waals surface area contributed by atoms with E-state index in [9.17, 15) is 0 Å². The number of hydrogen-bond donors (Lipinski definition) is 2. The number of rotatable bonds is 11. The largest absolute Gasteiger partial charge is 0.490 e. The fourth-order valence-corrected chi connectivity index (χ4v) is 3.46. The number of benzene rings is 1. The maximum atomic E-state index is 5.71. The molecule has 172 valence electrons. The predicted molar refractivity (Wildman–Crippen MR) is 136 cm³/mol. The first kappa shape index (κ1) is 26.8. The smallest absolute Gasteiger partial charge is 0.191 e. The molecule has 1 aromatic rings. The number of aliphatic imine (C=N–C) groups is 1. The molecule has 0 spiro atoms. The third-order valence-corrected chi connectivity index (χ3v) is 5.17. The van der Waals surface area contributed by atoms with Crippen LogP contribution in [0.25, 0.3) is 0 Å². The Morgan fingerprint density at radius 3 is 2.20 bits per heavy atom. The normalized spacial score (nSPS) is 15.4. The van der Waals surface area contributed by atoms with Gasteiger partial charge in [0.25, 0.3) is 0 Å². The van der Waals surface area contributed by atoms with Gasteiger partial charge in [-0.05, 0) is 44.5 Å². The van der Waals surface area contributed by atoms with Crippen molar-refractivity contribution in [1.82, 2.24) is 20.4 Å². The third-order valence-electron chi connectivity index (χ3n) is 5.17. The molecule has 2 rings (SSSR count). The summed E-state index contributed by atoms with van der Waals surface area (Å²) in [5.74, 6) is 2.48. The van der Waals surface area contributed by atoms with Crippen LogP contribution in [-0.2, 0) is 6.42 Å². The molecule has 1 fully saturated rings. The van der Waals surface area contributed by atoms with E-state index in [0.717, 1.165) is 63.1 Å². The van der Waals surface area contributed by atoms with Gasteiger partial charge in [-0.25, -0.2) is 0 Å². The number of nitrogens with zero attached hydrogens (tertiary/aromatic N) is 3. The van der Waals surface area contributed by atoms with Crippen molar-refractivity contribution in [2.45, 2.75) is 27.2 Å². The lowest BCUT2D eigenvalue weighted by molar-refractivity contribution is 0.139. The zero-order chi connectivity index (χ0) is 20.9. The maximum absolute atomic E-state index is 5.71. The van der Waals surface area contributed by atoms with Gasteiger partial charge >= 0.3 is 0 Å². The standard InChI is InChI=1S/C22H39N5O2.HI/c1-5-26-14-16-27(17-15-26)13-12-25-22(23-4)24-11-10-19-8-9-20(28-6-2)21(18-19)29-7-3;/h8-9,18H,5-7,10-17H2,1-4H3,(H2,23,24,25);1H. The van der Waals surface area contributed by atoms with Crippen LogP contribution in [0.3, 0.4) is 0 Å². The first-order valence-electron chi connectivity index (χ1n) is 11.0. The van der Waals surface area contributed by atoms with Gasteiger partial charge in [0.1, 0.15) is 0 Å². The highest BCUT2D eigenvalue weighted by Gasteiger charge is 2.14. The van der Waals surface area contributed by atoms with Crippen LogP contribution in [0.2, 0.25) is 0 Å². The topological polar surface area (TPSA) is 61.4 Å². The fourth-order valence-electron chi connectivity index (χ4n) is 3.46. The monoisotopic (exact) mass is 533 g/mol. The minimum atomic E-state index is 0. The first-order chi connectivity index (χ1) is 14.2. The van der Waals surface area contributed by atoms with E-state index in [1.807, 2.05) is 27.0 Å². The summed E-state index contributed by atoms with van der Waals surface area (Å²) in [6.07, 6.45) is 0.895. The molecule has 1 heterocycles. The molecular formula is C22H40IN5O2. The Balaban J connectivity index is 0.00000450. The van der Waals surface area contributed by atoms with Gasteiger partial charge in [0.2, 0.25) is 0 Å². The number of guanidine groups is 1. The SMILES string of the molecule is CCOc1ccc(CCNC(=NC)NCCN2CCN(CC)CC2)cc1OCC.I. The maximum Gasteiger partial charge on any atom is 0.191 e. The van der Waals surface area contributed by atoms with Crippen molar-refractivity contribution >= 4 is 29.9 Å². The van der Waals surface area contributed by atoms with E-state index >= 15 is 0 Å². The predicted octanol–water partition coefficient (Wildman–Crippen LogP) is 2.45. The number of hydrogen-bond acceptors (Lipinski definition) is 5. The van der Waals surface area contributed by atoms with Gasteiger partial charge in [0.15, 0.2) is 17.5 Å². The van der Waals surface area contributed by atoms with Crippen LogP contribution in [0.4, 0.5) is 0 Å². The molecule has 1 saturated heterocycles. The number of halogens is 1. The minimum absolute atomic E-state index is 0. The van der Waals surface area contributed by atoms with Crippen molar-refractivity contribution in [3.05, 3.63) is 23.8 Å². The van der Waals surface area contributed by atoms with Crippen LogP contribution in [0.5, 0.6) is 11.5 Å². The van der Waals surface area contributed by atoms with E-state index in [1.165, 1.54) is 18.7 Å². The highest BCUT2D eigenvalue weighted by atomic mass is 127. The molecule has 0 saturated carbocycles. The Labute approximate surface area is 199 Å². The van der Waals surface area contributed by atoms with Crippen LogP contribution in [0, 0.1) is 0 Å². The average Bonchev–Trinajstić information content (AvgIpc) is 2.75. The summed E-state index contributed by atoms with van der Waals surface area (Å²) in [4.78, 5) is 9.35. The van der Waals surface area contributed by atoms with Crippen molar-refractivity contribution in [3.63, 3.8) is 0 Å². The Bertz CT molecular complexity index is 622. The molecule has 0 radical (unpaired) electrons. The van der Waals surface area contributed by atoms with Gasteiger partial charge in [0, 0.05) is 52.9 Å². The van der Waals surface area contributed by atoms with Crippen molar-refractivity contribution in [2.75, 3.05) is 72.6 Å².